The SMILES string of the molecule is COc1ccc(C(=O)/C=c2\[nH]c(=O)/c(=C\c3ccc(C(C)C)cc3)s2)cc1. The maximum Gasteiger partial charge on any atom is 0.266 e. The van der Waals surface area contributed by atoms with Crippen molar-refractivity contribution in [3.05, 3.63) is 84.8 Å². The van der Waals surface area contributed by atoms with Crippen LogP contribution in [0.15, 0.2) is 53.3 Å². The zero-order valence-electron chi connectivity index (χ0n) is 15.5. The summed E-state index contributed by atoms with van der Waals surface area (Å²) in [5.74, 6) is 0.994. The molecule has 0 radical (unpaired) electrons. The number of carbonyl (C=O) groups is 1. The molecular formula is C22H21NO3S. The Labute approximate surface area is 161 Å². The van der Waals surface area contributed by atoms with E-state index in [-0.39, 0.29) is 11.3 Å². The lowest BCUT2D eigenvalue weighted by Crippen LogP contribution is -2.20. The van der Waals surface area contributed by atoms with Crippen LogP contribution in [0.1, 0.15) is 41.3 Å². The number of aromatic nitrogens is 1. The lowest BCUT2D eigenvalue weighted by molar-refractivity contribution is 0.106. The van der Waals surface area contributed by atoms with Crippen LogP contribution in [0.5, 0.6) is 5.75 Å². The molecule has 5 heteroatoms. The maximum atomic E-state index is 12.4. The number of benzene rings is 2. The Balaban J connectivity index is 1.89. The van der Waals surface area contributed by atoms with Gasteiger partial charge in [0.25, 0.3) is 5.56 Å². The summed E-state index contributed by atoms with van der Waals surface area (Å²) in [5.41, 5.74) is 2.56. The Bertz CT molecular complexity index is 1100. The van der Waals surface area contributed by atoms with Gasteiger partial charge >= 0.3 is 0 Å². The summed E-state index contributed by atoms with van der Waals surface area (Å²) in [4.78, 5) is 27.3. The van der Waals surface area contributed by atoms with E-state index in [1.807, 2.05) is 18.2 Å². The average Bonchev–Trinajstić information content (AvgIpc) is 3.01. The normalized spacial score (nSPS) is 12.6. The quantitative estimate of drug-likeness (QED) is 0.693. The molecule has 0 aliphatic heterocycles. The number of carbonyl (C=O) groups excluding carboxylic acids is 1. The van der Waals surface area contributed by atoms with E-state index in [2.05, 4.69) is 31.0 Å². The van der Waals surface area contributed by atoms with E-state index in [1.165, 1.54) is 23.0 Å². The van der Waals surface area contributed by atoms with Crippen LogP contribution >= 0.6 is 11.3 Å². The number of ketones is 1. The highest BCUT2D eigenvalue weighted by molar-refractivity contribution is 7.07. The first-order valence-electron chi connectivity index (χ1n) is 8.67. The molecule has 0 aliphatic carbocycles. The van der Waals surface area contributed by atoms with Gasteiger partial charge in [0.2, 0.25) is 0 Å². The summed E-state index contributed by atoms with van der Waals surface area (Å²) in [5, 5.41) is 0. The Kier molecular flexibility index (Phi) is 5.72. The standard InChI is InChI=1S/C22H21NO3S/c1-14(2)16-6-4-15(5-7-16)12-20-22(25)23-21(27-20)13-19(24)17-8-10-18(26-3)11-9-17/h4-14H,1-3H3,(H,23,25)/b20-12+,21-13+. The van der Waals surface area contributed by atoms with E-state index >= 15 is 0 Å². The van der Waals surface area contributed by atoms with Crippen molar-refractivity contribution in [1.29, 1.82) is 0 Å². The molecule has 0 amide bonds. The van der Waals surface area contributed by atoms with Crippen molar-refractivity contribution in [1.82, 2.24) is 4.98 Å². The predicted octanol–water partition coefficient (Wildman–Crippen LogP) is 3.06. The molecule has 4 nitrogen and oxygen atoms in total. The van der Waals surface area contributed by atoms with Crippen LogP contribution in [0.2, 0.25) is 0 Å². The van der Waals surface area contributed by atoms with E-state index < -0.39 is 0 Å². The van der Waals surface area contributed by atoms with E-state index in [0.29, 0.717) is 26.4 Å². The molecule has 1 N–H and O–H groups in total. The Morgan fingerprint density at radius 2 is 1.74 bits per heavy atom. The smallest absolute Gasteiger partial charge is 0.266 e. The fraction of sp³-hybridized carbons (Fsp3) is 0.182. The summed E-state index contributed by atoms with van der Waals surface area (Å²) in [6.45, 7) is 4.29. The number of nitrogens with one attached hydrogen (secondary N) is 1. The fourth-order valence-corrected chi connectivity index (χ4v) is 3.50. The third-order valence-corrected chi connectivity index (χ3v) is 5.18. The topological polar surface area (TPSA) is 59.2 Å². The van der Waals surface area contributed by atoms with Crippen LogP contribution < -0.4 is 19.5 Å². The van der Waals surface area contributed by atoms with Crippen molar-refractivity contribution in [2.24, 2.45) is 0 Å². The Morgan fingerprint density at radius 3 is 2.33 bits per heavy atom. The van der Waals surface area contributed by atoms with E-state index in [0.717, 1.165) is 5.56 Å². The number of ether oxygens (including phenoxy) is 1. The van der Waals surface area contributed by atoms with Gasteiger partial charge in [0, 0.05) is 11.6 Å². The molecule has 138 valence electrons. The van der Waals surface area contributed by atoms with Gasteiger partial charge in [-0.2, -0.15) is 0 Å². The molecule has 0 unspecified atom stereocenters. The molecule has 3 aromatic rings. The lowest BCUT2D eigenvalue weighted by atomic mass is 10.0. The van der Waals surface area contributed by atoms with Gasteiger partial charge in [-0.25, -0.2) is 0 Å². The fourth-order valence-electron chi connectivity index (χ4n) is 2.61. The molecule has 1 heterocycles. The van der Waals surface area contributed by atoms with E-state index in [9.17, 15) is 9.59 Å². The first-order chi connectivity index (χ1) is 13.0. The first kappa shape index (κ1) is 18.9. The molecule has 27 heavy (non-hydrogen) atoms. The van der Waals surface area contributed by atoms with Crippen molar-refractivity contribution in [2.75, 3.05) is 7.11 Å². The molecule has 0 saturated heterocycles. The van der Waals surface area contributed by atoms with Gasteiger partial charge in [0.1, 0.15) is 5.75 Å². The van der Waals surface area contributed by atoms with Crippen molar-refractivity contribution < 1.29 is 9.53 Å². The third-order valence-electron chi connectivity index (χ3n) is 4.22. The molecule has 0 aliphatic rings. The van der Waals surface area contributed by atoms with Gasteiger partial charge in [-0.1, -0.05) is 38.1 Å². The second-order valence-corrected chi connectivity index (χ2v) is 7.57. The van der Waals surface area contributed by atoms with Crippen LogP contribution in [-0.2, 0) is 0 Å². The van der Waals surface area contributed by atoms with Crippen molar-refractivity contribution in [3.8, 4) is 5.75 Å². The number of H-pyrrole nitrogens is 1. The second-order valence-electron chi connectivity index (χ2n) is 6.49. The number of aromatic amines is 1. The molecule has 0 bridgehead atoms. The molecule has 0 fully saturated rings. The summed E-state index contributed by atoms with van der Waals surface area (Å²) < 4.78 is 6.20. The van der Waals surface area contributed by atoms with Gasteiger partial charge in [0.15, 0.2) is 5.78 Å². The van der Waals surface area contributed by atoms with Gasteiger partial charge < -0.3 is 9.72 Å². The summed E-state index contributed by atoms with van der Waals surface area (Å²) >= 11 is 1.27. The van der Waals surface area contributed by atoms with Gasteiger partial charge in [-0.05, 0) is 47.4 Å². The Hall–Kier alpha value is -2.92. The molecular weight excluding hydrogens is 358 g/mol. The average molecular weight is 379 g/mol. The van der Waals surface area contributed by atoms with Crippen LogP contribution in [0.4, 0.5) is 0 Å². The zero-order valence-corrected chi connectivity index (χ0v) is 16.3. The minimum Gasteiger partial charge on any atom is -0.497 e. The van der Waals surface area contributed by atoms with E-state index in [1.54, 1.807) is 31.4 Å². The number of hydrogen-bond acceptors (Lipinski definition) is 4. The number of Topliss-reactive ketones (excluding diaryl/α,β-unsaturated/α-hetero) is 1. The number of thiazole rings is 1. The third kappa shape index (κ3) is 4.63. The Morgan fingerprint density at radius 1 is 1.07 bits per heavy atom. The number of rotatable bonds is 5. The van der Waals surface area contributed by atoms with Gasteiger partial charge in [0.05, 0.1) is 16.3 Å². The molecule has 0 atom stereocenters. The minimum absolute atomic E-state index is 0.164. The van der Waals surface area contributed by atoms with Gasteiger partial charge in [-0.15, -0.1) is 11.3 Å². The second kappa shape index (κ2) is 8.18. The van der Waals surface area contributed by atoms with Crippen molar-refractivity contribution >= 4 is 29.3 Å². The predicted molar refractivity (Wildman–Crippen MR) is 110 cm³/mol. The molecule has 0 saturated carbocycles. The first-order valence-corrected chi connectivity index (χ1v) is 9.49. The zero-order chi connectivity index (χ0) is 19.4. The highest BCUT2D eigenvalue weighted by Gasteiger charge is 2.04. The van der Waals surface area contributed by atoms with Crippen molar-refractivity contribution in [3.63, 3.8) is 0 Å². The van der Waals surface area contributed by atoms with Crippen molar-refractivity contribution in [2.45, 2.75) is 19.8 Å². The van der Waals surface area contributed by atoms with Crippen LogP contribution in [0.3, 0.4) is 0 Å². The lowest BCUT2D eigenvalue weighted by Gasteiger charge is -2.04. The molecule has 2 aromatic carbocycles. The minimum atomic E-state index is -0.193. The molecule has 3 rings (SSSR count). The maximum absolute atomic E-state index is 12.4. The summed E-state index contributed by atoms with van der Waals surface area (Å²) in [6.07, 6.45) is 3.29. The van der Waals surface area contributed by atoms with E-state index in [4.69, 9.17) is 4.74 Å². The molecule has 1 aromatic heterocycles. The summed E-state index contributed by atoms with van der Waals surface area (Å²) in [6, 6.07) is 15.0. The number of hydrogen-bond donors (Lipinski definition) is 1. The highest BCUT2D eigenvalue weighted by atomic mass is 32.1. The monoisotopic (exact) mass is 379 g/mol. The largest absolute Gasteiger partial charge is 0.497 e. The highest BCUT2D eigenvalue weighted by Crippen LogP contribution is 2.15. The molecule has 0 spiro atoms. The van der Waals surface area contributed by atoms with Crippen LogP contribution in [0, 0.1) is 0 Å². The van der Waals surface area contributed by atoms with Gasteiger partial charge in [-0.3, -0.25) is 9.59 Å². The van der Waals surface area contributed by atoms with Crippen LogP contribution in [0.25, 0.3) is 12.2 Å². The number of methoxy groups -OCH3 is 1. The van der Waals surface area contributed by atoms with Crippen LogP contribution in [-0.4, -0.2) is 17.9 Å². The summed E-state index contributed by atoms with van der Waals surface area (Å²) in [7, 11) is 1.58.